The molecule has 5 heteroatoms. The quantitative estimate of drug-likeness (QED) is 0.834. The molecule has 0 saturated heterocycles. The summed E-state index contributed by atoms with van der Waals surface area (Å²) in [4.78, 5) is 7.02. The van der Waals surface area contributed by atoms with E-state index in [0.717, 1.165) is 17.3 Å². The molecule has 0 amide bonds. The van der Waals surface area contributed by atoms with Crippen LogP contribution in [0.15, 0.2) is 29.4 Å². The van der Waals surface area contributed by atoms with Crippen LogP contribution in [-0.4, -0.2) is 9.97 Å². The van der Waals surface area contributed by atoms with Gasteiger partial charge in [0.2, 0.25) is 0 Å². The van der Waals surface area contributed by atoms with Crippen LogP contribution in [-0.2, 0) is 12.2 Å². The Balaban J connectivity index is 1.97. The number of hydrogen-bond acceptors (Lipinski definition) is 2. The molecule has 17 heavy (non-hydrogen) atoms. The zero-order valence-electron chi connectivity index (χ0n) is 9.34. The Morgan fingerprint density at radius 1 is 1.18 bits per heavy atom. The zero-order valence-corrected chi connectivity index (χ0v) is 11.7. The monoisotopic (exact) mass is 286 g/mol. The summed E-state index contributed by atoms with van der Waals surface area (Å²) in [6.07, 6.45) is 1.07. The van der Waals surface area contributed by atoms with Crippen LogP contribution in [0.4, 0.5) is 0 Å². The third-order valence-electron chi connectivity index (χ3n) is 2.40. The highest BCUT2D eigenvalue weighted by molar-refractivity contribution is 7.98. The molecule has 90 valence electrons. The maximum Gasteiger partial charge on any atom is 0.168 e. The lowest BCUT2D eigenvalue weighted by molar-refractivity contribution is 1.06. The first-order chi connectivity index (χ1) is 8.19. The van der Waals surface area contributed by atoms with E-state index in [-0.39, 0.29) is 0 Å². The summed E-state index contributed by atoms with van der Waals surface area (Å²) in [5.41, 5.74) is 2.61. The second-order valence-corrected chi connectivity index (χ2v) is 5.31. The highest BCUT2D eigenvalue weighted by atomic mass is 35.5. The van der Waals surface area contributed by atoms with E-state index in [4.69, 9.17) is 23.2 Å². The lowest BCUT2D eigenvalue weighted by atomic mass is 10.1. The van der Waals surface area contributed by atoms with Gasteiger partial charge in [-0.2, -0.15) is 0 Å². The number of thioether (sulfide) groups is 1. The van der Waals surface area contributed by atoms with Gasteiger partial charge in [-0.1, -0.05) is 66.2 Å². The molecule has 1 N–H and O–H groups in total. The van der Waals surface area contributed by atoms with E-state index in [1.807, 2.05) is 0 Å². The number of halogens is 2. The van der Waals surface area contributed by atoms with Gasteiger partial charge in [-0.25, -0.2) is 4.98 Å². The van der Waals surface area contributed by atoms with Gasteiger partial charge in [-0.3, -0.25) is 0 Å². The van der Waals surface area contributed by atoms with E-state index in [9.17, 15) is 0 Å². The third kappa shape index (κ3) is 3.41. The van der Waals surface area contributed by atoms with E-state index in [1.54, 1.807) is 11.8 Å². The number of aromatic nitrogens is 2. The molecule has 1 heterocycles. The largest absolute Gasteiger partial charge is 0.323 e. The third-order valence-corrected chi connectivity index (χ3v) is 3.99. The Bertz CT molecular complexity index is 474. The van der Waals surface area contributed by atoms with Gasteiger partial charge >= 0.3 is 0 Å². The number of nitrogens with one attached hydrogen (secondary N) is 1. The van der Waals surface area contributed by atoms with Crippen molar-refractivity contribution in [3.05, 3.63) is 45.7 Å². The first-order valence-corrected chi connectivity index (χ1v) is 7.05. The molecular weight excluding hydrogens is 275 g/mol. The fourth-order valence-corrected chi connectivity index (χ4v) is 2.60. The van der Waals surface area contributed by atoms with Crippen molar-refractivity contribution in [3.8, 4) is 0 Å². The van der Waals surface area contributed by atoms with Crippen molar-refractivity contribution in [2.24, 2.45) is 0 Å². The van der Waals surface area contributed by atoms with E-state index in [0.29, 0.717) is 10.3 Å². The normalized spacial score (nSPS) is 10.8. The Labute approximate surface area is 115 Å². The van der Waals surface area contributed by atoms with Crippen LogP contribution in [0.3, 0.4) is 0 Å². The summed E-state index contributed by atoms with van der Waals surface area (Å²) < 4.78 is 0. The summed E-state index contributed by atoms with van der Waals surface area (Å²) in [5.74, 6) is 0.851. The molecular formula is C12H12Cl2N2S. The van der Waals surface area contributed by atoms with Crippen molar-refractivity contribution < 1.29 is 0 Å². The van der Waals surface area contributed by atoms with Gasteiger partial charge < -0.3 is 4.98 Å². The highest BCUT2D eigenvalue weighted by Crippen LogP contribution is 2.26. The Hall–Kier alpha value is -0.640. The number of aromatic amines is 1. The van der Waals surface area contributed by atoms with Gasteiger partial charge in [0.25, 0.3) is 0 Å². The SMILES string of the molecule is CCc1ccc(CSc2nc(Cl)c(Cl)[nH]2)cc1. The maximum atomic E-state index is 5.79. The number of benzene rings is 1. The first-order valence-electron chi connectivity index (χ1n) is 5.30. The zero-order chi connectivity index (χ0) is 12.3. The van der Waals surface area contributed by atoms with Crippen molar-refractivity contribution in [2.45, 2.75) is 24.3 Å². The predicted molar refractivity (Wildman–Crippen MR) is 74.0 cm³/mol. The molecule has 0 unspecified atom stereocenters. The molecule has 1 aromatic carbocycles. The number of aryl methyl sites for hydroxylation is 1. The summed E-state index contributed by atoms with van der Waals surface area (Å²) in [5, 5.41) is 1.48. The summed E-state index contributed by atoms with van der Waals surface area (Å²) in [6, 6.07) is 8.58. The minimum Gasteiger partial charge on any atom is -0.323 e. The summed E-state index contributed by atoms with van der Waals surface area (Å²) in [7, 11) is 0. The van der Waals surface area contributed by atoms with Crippen LogP contribution < -0.4 is 0 Å². The van der Waals surface area contributed by atoms with Gasteiger partial charge in [0.05, 0.1) is 0 Å². The predicted octanol–water partition coefficient (Wildman–Crippen LogP) is 4.57. The van der Waals surface area contributed by atoms with E-state index in [2.05, 4.69) is 41.2 Å². The molecule has 0 aliphatic heterocycles. The average molecular weight is 287 g/mol. The molecule has 0 saturated carbocycles. The summed E-state index contributed by atoms with van der Waals surface area (Å²) in [6.45, 7) is 2.15. The Morgan fingerprint density at radius 2 is 1.82 bits per heavy atom. The molecule has 2 aromatic rings. The number of imidazole rings is 1. The van der Waals surface area contributed by atoms with Crippen LogP contribution in [0.25, 0.3) is 0 Å². The van der Waals surface area contributed by atoms with E-state index >= 15 is 0 Å². The van der Waals surface area contributed by atoms with E-state index in [1.165, 1.54) is 11.1 Å². The molecule has 1 aromatic heterocycles. The molecule has 2 nitrogen and oxygen atoms in total. The number of hydrogen-bond donors (Lipinski definition) is 1. The second-order valence-electron chi connectivity index (χ2n) is 3.61. The number of nitrogens with zero attached hydrogens (tertiary/aromatic N) is 1. The Morgan fingerprint density at radius 3 is 2.35 bits per heavy atom. The van der Waals surface area contributed by atoms with Crippen LogP contribution in [0.2, 0.25) is 10.3 Å². The topological polar surface area (TPSA) is 28.7 Å². The van der Waals surface area contributed by atoms with Crippen molar-refractivity contribution in [3.63, 3.8) is 0 Å². The standard InChI is InChI=1S/C12H12Cl2N2S/c1-2-8-3-5-9(6-4-8)7-17-12-15-10(13)11(14)16-12/h3-6H,2,7H2,1H3,(H,15,16). The Kier molecular flexibility index (Phi) is 4.37. The lowest BCUT2D eigenvalue weighted by Gasteiger charge is -2.01. The average Bonchev–Trinajstić information content (AvgIpc) is 2.67. The molecule has 2 rings (SSSR count). The molecule has 0 spiro atoms. The summed E-state index contributed by atoms with van der Waals surface area (Å²) >= 11 is 13.1. The lowest BCUT2D eigenvalue weighted by Crippen LogP contribution is -1.84. The second kappa shape index (κ2) is 5.80. The van der Waals surface area contributed by atoms with Crippen molar-refractivity contribution in [1.82, 2.24) is 9.97 Å². The highest BCUT2D eigenvalue weighted by Gasteiger charge is 2.06. The van der Waals surface area contributed by atoms with Crippen LogP contribution in [0.5, 0.6) is 0 Å². The van der Waals surface area contributed by atoms with Gasteiger partial charge in [-0.05, 0) is 17.5 Å². The minimum atomic E-state index is 0.329. The molecule has 0 fully saturated rings. The van der Waals surface area contributed by atoms with Crippen molar-refractivity contribution in [1.29, 1.82) is 0 Å². The first kappa shape index (κ1) is 12.8. The van der Waals surface area contributed by atoms with E-state index < -0.39 is 0 Å². The van der Waals surface area contributed by atoms with Gasteiger partial charge in [0, 0.05) is 5.75 Å². The van der Waals surface area contributed by atoms with Crippen molar-refractivity contribution in [2.75, 3.05) is 0 Å². The molecule has 0 atom stereocenters. The van der Waals surface area contributed by atoms with Gasteiger partial charge in [0.15, 0.2) is 10.3 Å². The molecule has 0 radical (unpaired) electrons. The molecule has 0 aliphatic carbocycles. The molecule has 0 aliphatic rings. The number of rotatable bonds is 4. The minimum absolute atomic E-state index is 0.329. The number of H-pyrrole nitrogens is 1. The van der Waals surface area contributed by atoms with Gasteiger partial charge in [-0.15, -0.1) is 0 Å². The fourth-order valence-electron chi connectivity index (χ4n) is 1.40. The smallest absolute Gasteiger partial charge is 0.168 e. The maximum absolute atomic E-state index is 5.79. The van der Waals surface area contributed by atoms with Gasteiger partial charge in [0.1, 0.15) is 5.15 Å². The van der Waals surface area contributed by atoms with Crippen LogP contribution in [0, 0.1) is 0 Å². The van der Waals surface area contributed by atoms with Crippen molar-refractivity contribution >= 4 is 35.0 Å². The molecule has 0 bridgehead atoms. The fraction of sp³-hybridized carbons (Fsp3) is 0.250. The van der Waals surface area contributed by atoms with Crippen LogP contribution in [0.1, 0.15) is 18.1 Å². The van der Waals surface area contributed by atoms with Crippen LogP contribution >= 0.6 is 35.0 Å².